The van der Waals surface area contributed by atoms with Crippen LogP contribution in [0.15, 0.2) is 34.5 Å². The smallest absolute Gasteiger partial charge is 0.315 e. The number of hydrogen-bond donors (Lipinski definition) is 3. The number of amides is 2. The Morgan fingerprint density at radius 2 is 2.12 bits per heavy atom. The SMILES string of the molecule is NS(=O)(=O)c1ccc(CNC(=O)NC2CCc3cc(F)ccc32)s1. The van der Waals surface area contributed by atoms with Crippen molar-refractivity contribution < 1.29 is 17.6 Å². The van der Waals surface area contributed by atoms with Gasteiger partial charge in [0, 0.05) is 4.88 Å². The fourth-order valence-corrected chi connectivity index (χ4v) is 4.44. The van der Waals surface area contributed by atoms with Crippen LogP contribution in [0.25, 0.3) is 0 Å². The topological polar surface area (TPSA) is 101 Å². The molecule has 24 heavy (non-hydrogen) atoms. The van der Waals surface area contributed by atoms with Gasteiger partial charge in [0.05, 0.1) is 12.6 Å². The van der Waals surface area contributed by atoms with Crippen molar-refractivity contribution in [2.45, 2.75) is 29.6 Å². The van der Waals surface area contributed by atoms with Gasteiger partial charge in [-0.2, -0.15) is 0 Å². The second-order valence-electron chi connectivity index (χ2n) is 5.53. The van der Waals surface area contributed by atoms with Crippen molar-refractivity contribution in [3.63, 3.8) is 0 Å². The summed E-state index contributed by atoms with van der Waals surface area (Å²) in [5, 5.41) is 10.6. The molecule has 1 atom stereocenters. The lowest BCUT2D eigenvalue weighted by Crippen LogP contribution is -2.36. The molecule has 1 heterocycles. The minimum atomic E-state index is -3.72. The van der Waals surface area contributed by atoms with Gasteiger partial charge in [-0.3, -0.25) is 0 Å². The van der Waals surface area contributed by atoms with Gasteiger partial charge < -0.3 is 10.6 Å². The molecular formula is C15H16FN3O3S2. The first kappa shape index (κ1) is 16.9. The number of halogens is 1. The minimum absolute atomic E-state index is 0.0615. The molecule has 128 valence electrons. The number of rotatable bonds is 4. The van der Waals surface area contributed by atoms with Crippen LogP contribution in [0, 0.1) is 5.82 Å². The fraction of sp³-hybridized carbons (Fsp3) is 0.267. The van der Waals surface area contributed by atoms with Gasteiger partial charge in [-0.15, -0.1) is 11.3 Å². The maximum absolute atomic E-state index is 13.2. The molecule has 0 bridgehead atoms. The van der Waals surface area contributed by atoms with E-state index < -0.39 is 10.0 Å². The molecule has 1 unspecified atom stereocenters. The highest BCUT2D eigenvalue weighted by Gasteiger charge is 2.24. The number of aryl methyl sites for hydroxylation is 1. The molecule has 2 amide bonds. The molecule has 0 saturated carbocycles. The van der Waals surface area contributed by atoms with Crippen LogP contribution in [0.5, 0.6) is 0 Å². The van der Waals surface area contributed by atoms with E-state index >= 15 is 0 Å². The maximum atomic E-state index is 13.2. The zero-order valence-electron chi connectivity index (χ0n) is 12.6. The number of carbonyl (C=O) groups excluding carboxylic acids is 1. The van der Waals surface area contributed by atoms with Crippen LogP contribution in [0.3, 0.4) is 0 Å². The van der Waals surface area contributed by atoms with Crippen LogP contribution >= 0.6 is 11.3 Å². The molecule has 1 aromatic carbocycles. The van der Waals surface area contributed by atoms with E-state index in [9.17, 15) is 17.6 Å². The molecule has 0 spiro atoms. The van der Waals surface area contributed by atoms with Gasteiger partial charge in [0.1, 0.15) is 10.0 Å². The van der Waals surface area contributed by atoms with Crippen LogP contribution in [-0.4, -0.2) is 14.4 Å². The molecule has 0 saturated heterocycles. The lowest BCUT2D eigenvalue weighted by atomic mass is 10.1. The largest absolute Gasteiger partial charge is 0.333 e. The molecule has 6 nitrogen and oxygen atoms in total. The number of nitrogens with one attached hydrogen (secondary N) is 2. The average molecular weight is 369 g/mol. The Hall–Kier alpha value is -1.97. The van der Waals surface area contributed by atoms with Crippen molar-refractivity contribution in [2.24, 2.45) is 5.14 Å². The third-order valence-corrected chi connectivity index (χ3v) is 6.35. The Balaban J connectivity index is 1.57. The van der Waals surface area contributed by atoms with Crippen LogP contribution in [-0.2, 0) is 23.0 Å². The second-order valence-corrected chi connectivity index (χ2v) is 8.48. The summed E-state index contributed by atoms with van der Waals surface area (Å²) >= 11 is 1.02. The van der Waals surface area contributed by atoms with E-state index in [1.54, 1.807) is 12.1 Å². The molecule has 1 aromatic heterocycles. The Kier molecular flexibility index (Phi) is 4.57. The standard InChI is InChI=1S/C15H16FN3O3S2/c16-10-2-4-12-9(7-10)1-5-13(12)19-15(20)18-8-11-3-6-14(23-11)24(17,21)22/h2-4,6-7,13H,1,5,8H2,(H2,17,21,22)(H2,18,19,20). The van der Waals surface area contributed by atoms with Crippen molar-refractivity contribution in [1.82, 2.24) is 10.6 Å². The van der Waals surface area contributed by atoms with Crippen LogP contribution in [0.4, 0.5) is 9.18 Å². The predicted molar refractivity (Wildman–Crippen MR) is 88.5 cm³/mol. The highest BCUT2D eigenvalue weighted by Crippen LogP contribution is 2.31. The van der Waals surface area contributed by atoms with Gasteiger partial charge in [-0.25, -0.2) is 22.7 Å². The predicted octanol–water partition coefficient (Wildman–Crippen LogP) is 2.02. The Morgan fingerprint density at radius 1 is 1.33 bits per heavy atom. The number of carbonyl (C=O) groups is 1. The van der Waals surface area contributed by atoms with E-state index in [2.05, 4.69) is 10.6 Å². The normalized spacial score (nSPS) is 16.7. The molecule has 0 radical (unpaired) electrons. The van der Waals surface area contributed by atoms with Crippen LogP contribution in [0.2, 0.25) is 0 Å². The second kappa shape index (κ2) is 6.50. The monoisotopic (exact) mass is 369 g/mol. The summed E-state index contributed by atoms with van der Waals surface area (Å²) in [6, 6.07) is 7.09. The van der Waals surface area contributed by atoms with Crippen molar-refractivity contribution in [1.29, 1.82) is 0 Å². The number of primary sulfonamides is 1. The van der Waals surface area contributed by atoms with Gasteiger partial charge in [0.2, 0.25) is 10.0 Å². The van der Waals surface area contributed by atoms with Gasteiger partial charge in [0.15, 0.2) is 0 Å². The van der Waals surface area contributed by atoms with Crippen LogP contribution < -0.4 is 15.8 Å². The average Bonchev–Trinajstić information content (AvgIpc) is 3.12. The molecule has 0 fully saturated rings. The van der Waals surface area contributed by atoms with Crippen LogP contribution in [0.1, 0.15) is 28.5 Å². The van der Waals surface area contributed by atoms with Crippen molar-refractivity contribution in [3.05, 3.63) is 52.2 Å². The maximum Gasteiger partial charge on any atom is 0.315 e. The molecule has 9 heteroatoms. The number of nitrogens with two attached hydrogens (primary N) is 1. The van der Waals surface area contributed by atoms with E-state index in [1.165, 1.54) is 18.2 Å². The number of sulfonamides is 1. The number of hydrogen-bond acceptors (Lipinski definition) is 4. The van der Waals surface area contributed by atoms with Gasteiger partial charge in [0.25, 0.3) is 0 Å². The summed E-state index contributed by atoms with van der Waals surface area (Å²) in [6.45, 7) is 0.203. The zero-order chi connectivity index (χ0) is 17.3. The third-order valence-electron chi connectivity index (χ3n) is 3.83. The van der Waals surface area contributed by atoms with E-state index in [-0.39, 0.29) is 28.6 Å². The molecule has 3 rings (SSSR count). The summed E-state index contributed by atoms with van der Waals surface area (Å²) < 4.78 is 35.7. The van der Waals surface area contributed by atoms with E-state index in [4.69, 9.17) is 5.14 Å². The first-order valence-electron chi connectivity index (χ1n) is 7.27. The van der Waals surface area contributed by atoms with Crippen molar-refractivity contribution in [3.8, 4) is 0 Å². The Morgan fingerprint density at radius 3 is 2.83 bits per heavy atom. The third kappa shape index (κ3) is 3.74. The quantitative estimate of drug-likeness (QED) is 0.768. The van der Waals surface area contributed by atoms with Gasteiger partial charge in [-0.1, -0.05) is 6.07 Å². The highest BCUT2D eigenvalue weighted by molar-refractivity contribution is 7.91. The fourth-order valence-electron chi connectivity index (χ4n) is 2.72. The first-order valence-corrected chi connectivity index (χ1v) is 9.63. The Labute approximate surface area is 142 Å². The number of urea groups is 1. The molecule has 1 aliphatic carbocycles. The van der Waals surface area contributed by atoms with E-state index in [1.807, 2.05) is 0 Å². The summed E-state index contributed by atoms with van der Waals surface area (Å²) in [4.78, 5) is 12.7. The molecule has 0 aliphatic heterocycles. The lowest BCUT2D eigenvalue weighted by Gasteiger charge is -2.14. The lowest BCUT2D eigenvalue weighted by molar-refractivity contribution is 0.236. The summed E-state index contributed by atoms with van der Waals surface area (Å²) in [7, 11) is -3.72. The van der Waals surface area contributed by atoms with Gasteiger partial charge in [-0.05, 0) is 48.2 Å². The van der Waals surface area contributed by atoms with E-state index in [0.29, 0.717) is 4.88 Å². The zero-order valence-corrected chi connectivity index (χ0v) is 14.2. The number of benzene rings is 1. The van der Waals surface area contributed by atoms with Crippen molar-refractivity contribution >= 4 is 27.4 Å². The number of thiophene rings is 1. The molecule has 4 N–H and O–H groups in total. The first-order chi connectivity index (χ1) is 11.3. The summed E-state index contributed by atoms with van der Waals surface area (Å²) in [5.74, 6) is -0.276. The number of fused-ring (bicyclic) bond motifs is 1. The summed E-state index contributed by atoms with van der Waals surface area (Å²) in [5.41, 5.74) is 1.84. The highest BCUT2D eigenvalue weighted by atomic mass is 32.2. The van der Waals surface area contributed by atoms with Gasteiger partial charge >= 0.3 is 6.03 Å². The summed E-state index contributed by atoms with van der Waals surface area (Å²) in [6.07, 6.45) is 1.45. The minimum Gasteiger partial charge on any atom is -0.333 e. The van der Waals surface area contributed by atoms with E-state index in [0.717, 1.165) is 35.3 Å². The molecular weight excluding hydrogens is 353 g/mol. The molecule has 2 aromatic rings. The molecule has 1 aliphatic rings. The Bertz CT molecular complexity index is 880. The van der Waals surface area contributed by atoms with Crippen molar-refractivity contribution in [2.75, 3.05) is 0 Å².